The summed E-state index contributed by atoms with van der Waals surface area (Å²) in [5.74, 6) is 0. The molecule has 0 N–H and O–H groups in total. The van der Waals surface area contributed by atoms with Crippen LogP contribution in [0.5, 0.6) is 0 Å². The van der Waals surface area contributed by atoms with Crippen molar-refractivity contribution in [3.8, 4) is 6.07 Å². The van der Waals surface area contributed by atoms with Crippen LogP contribution in [0.15, 0.2) is 77.8 Å². The lowest BCUT2D eigenvalue weighted by Gasteiger charge is -2.04. The summed E-state index contributed by atoms with van der Waals surface area (Å²) in [6, 6.07) is 21.2. The maximum atomic E-state index is 8.77. The smallest absolute Gasteiger partial charge is 0.217 e. The third kappa shape index (κ3) is 3.14. The van der Waals surface area contributed by atoms with E-state index < -0.39 is 0 Å². The van der Waals surface area contributed by atoms with Crippen molar-refractivity contribution in [2.24, 2.45) is 0 Å². The van der Waals surface area contributed by atoms with Crippen LogP contribution in [-0.4, -0.2) is 0 Å². The van der Waals surface area contributed by atoms with Crippen molar-refractivity contribution < 1.29 is 0 Å². The monoisotopic (exact) mass is 254 g/mol. The molecule has 92 valence electrons. The van der Waals surface area contributed by atoms with Crippen LogP contribution in [0.2, 0.25) is 0 Å². The number of nitrogens with zero attached hydrogens (tertiary/aromatic N) is 2. The Morgan fingerprint density at radius 2 is 1.35 bits per heavy atom. The van der Waals surface area contributed by atoms with Gasteiger partial charge in [-0.15, -0.1) is 0 Å². The van der Waals surface area contributed by atoms with E-state index in [-0.39, 0.29) is 5.70 Å². The third-order valence-electron chi connectivity index (χ3n) is 2.65. The van der Waals surface area contributed by atoms with Gasteiger partial charge < -0.3 is 0 Å². The maximum Gasteiger partial charge on any atom is 0.311 e. The second kappa shape index (κ2) is 6.60. The number of allylic oxidation sites excluding steroid dienone is 1. The molecular weight excluding hydrogens is 244 g/mol. The Labute approximate surface area is 118 Å². The van der Waals surface area contributed by atoms with Gasteiger partial charge in [-0.25, -0.2) is 10.1 Å². The van der Waals surface area contributed by atoms with Gasteiger partial charge in [-0.1, -0.05) is 72.1 Å². The minimum absolute atomic E-state index is 0.102. The highest BCUT2D eigenvalue weighted by Gasteiger charge is 2.02. The van der Waals surface area contributed by atoms with Gasteiger partial charge in [0.25, 0.3) is 0 Å². The first-order valence-electron chi connectivity index (χ1n) is 5.99. The van der Waals surface area contributed by atoms with Crippen molar-refractivity contribution in [2.75, 3.05) is 0 Å². The molecule has 2 nitrogen and oxygen atoms in total. The molecule has 0 bridgehead atoms. The second-order valence-corrected chi connectivity index (χ2v) is 3.93. The van der Waals surface area contributed by atoms with Crippen molar-refractivity contribution in [1.82, 2.24) is 0 Å². The SMILES string of the molecule is [C-]#[N+]C(=C=C=C(c1ccccc1)c1ccccc1)C#N. The zero-order valence-corrected chi connectivity index (χ0v) is 10.7. The van der Waals surface area contributed by atoms with Crippen LogP contribution in [0.25, 0.3) is 10.4 Å². The number of rotatable bonds is 2. The van der Waals surface area contributed by atoms with Gasteiger partial charge >= 0.3 is 5.70 Å². The number of hydrogen-bond donors (Lipinski definition) is 0. The maximum absolute atomic E-state index is 8.77. The minimum Gasteiger partial charge on any atom is -0.217 e. The molecule has 0 amide bonds. The molecule has 0 aliphatic rings. The van der Waals surface area contributed by atoms with Crippen LogP contribution >= 0.6 is 0 Å². The Hall–Kier alpha value is -3.28. The van der Waals surface area contributed by atoms with Crippen LogP contribution in [0, 0.1) is 17.9 Å². The summed E-state index contributed by atoms with van der Waals surface area (Å²) in [6.45, 7) is 6.87. The van der Waals surface area contributed by atoms with Crippen molar-refractivity contribution >= 4 is 5.57 Å². The van der Waals surface area contributed by atoms with Gasteiger partial charge in [-0.3, -0.25) is 0 Å². The van der Waals surface area contributed by atoms with Gasteiger partial charge in [0.15, 0.2) is 0 Å². The summed E-state index contributed by atoms with van der Waals surface area (Å²) < 4.78 is 0. The number of hydrogen-bond acceptors (Lipinski definition) is 1. The first kappa shape index (κ1) is 13.2. The van der Waals surface area contributed by atoms with E-state index in [0.29, 0.717) is 0 Å². The van der Waals surface area contributed by atoms with E-state index in [4.69, 9.17) is 11.8 Å². The third-order valence-corrected chi connectivity index (χ3v) is 2.65. The highest BCUT2D eigenvalue weighted by molar-refractivity contribution is 5.79. The Morgan fingerprint density at radius 1 is 0.850 bits per heavy atom. The molecule has 2 aromatic carbocycles. The van der Waals surface area contributed by atoms with Crippen molar-refractivity contribution in [3.63, 3.8) is 0 Å². The fourth-order valence-corrected chi connectivity index (χ4v) is 1.72. The molecular formula is C18H10N2. The summed E-state index contributed by atoms with van der Waals surface area (Å²) in [7, 11) is 0. The van der Waals surface area contributed by atoms with E-state index >= 15 is 0 Å². The molecule has 2 rings (SSSR count). The first-order chi connectivity index (χ1) is 9.85. The Morgan fingerprint density at radius 3 is 1.75 bits per heavy atom. The van der Waals surface area contributed by atoms with E-state index in [9.17, 15) is 0 Å². The average Bonchev–Trinajstić information content (AvgIpc) is 2.53. The van der Waals surface area contributed by atoms with E-state index in [2.05, 4.69) is 16.3 Å². The van der Waals surface area contributed by atoms with Crippen LogP contribution < -0.4 is 0 Å². The lowest BCUT2D eigenvalue weighted by molar-refractivity contribution is 1.50. The standard InChI is InChI=1S/C18H10N2/c1-20-17(14-19)12-13-18(15-8-4-2-5-9-15)16-10-6-3-7-11-16/h2-11H. The van der Waals surface area contributed by atoms with Crippen molar-refractivity contribution in [2.45, 2.75) is 0 Å². The van der Waals surface area contributed by atoms with Crippen LogP contribution in [-0.2, 0) is 0 Å². The van der Waals surface area contributed by atoms with Crippen LogP contribution in [0.3, 0.4) is 0 Å². The summed E-state index contributed by atoms with van der Waals surface area (Å²) in [4.78, 5) is 3.08. The molecule has 0 heterocycles. The summed E-state index contributed by atoms with van der Waals surface area (Å²) >= 11 is 0. The zero-order valence-electron chi connectivity index (χ0n) is 10.7. The molecule has 0 aliphatic heterocycles. The molecule has 20 heavy (non-hydrogen) atoms. The van der Waals surface area contributed by atoms with Gasteiger partial charge in [0.1, 0.15) is 0 Å². The normalized spacial score (nSPS) is 8.50. The Kier molecular flexibility index (Phi) is 4.34. The molecule has 0 atom stereocenters. The van der Waals surface area contributed by atoms with E-state index in [1.165, 1.54) is 0 Å². The van der Waals surface area contributed by atoms with Crippen molar-refractivity contribution in [1.29, 1.82) is 5.26 Å². The molecule has 0 spiro atoms. The largest absolute Gasteiger partial charge is 0.311 e. The molecule has 0 fully saturated rings. The topological polar surface area (TPSA) is 28.1 Å². The average molecular weight is 254 g/mol. The Bertz CT molecular complexity index is 717. The summed E-state index contributed by atoms with van der Waals surface area (Å²) in [5, 5.41) is 8.77. The summed E-state index contributed by atoms with van der Waals surface area (Å²) in [5.41, 5.74) is 8.22. The second-order valence-electron chi connectivity index (χ2n) is 3.93. The molecule has 0 radical (unpaired) electrons. The predicted molar refractivity (Wildman–Crippen MR) is 78.1 cm³/mol. The quantitative estimate of drug-likeness (QED) is 0.448. The number of nitriles is 1. The fourth-order valence-electron chi connectivity index (χ4n) is 1.72. The highest BCUT2D eigenvalue weighted by Crippen LogP contribution is 2.21. The molecule has 2 aromatic rings. The first-order valence-corrected chi connectivity index (χ1v) is 5.99. The van der Waals surface area contributed by atoms with Crippen LogP contribution in [0.4, 0.5) is 0 Å². The molecule has 0 unspecified atom stereocenters. The molecule has 0 aromatic heterocycles. The fraction of sp³-hybridized carbons (Fsp3) is 0. The van der Waals surface area contributed by atoms with Crippen LogP contribution in [0.1, 0.15) is 11.1 Å². The van der Waals surface area contributed by atoms with Gasteiger partial charge in [0.05, 0.1) is 12.6 Å². The zero-order chi connectivity index (χ0) is 14.2. The predicted octanol–water partition coefficient (Wildman–Crippen LogP) is 4.20. The molecule has 0 saturated heterocycles. The molecule has 0 aliphatic carbocycles. The van der Waals surface area contributed by atoms with E-state index in [1.54, 1.807) is 6.07 Å². The van der Waals surface area contributed by atoms with Gasteiger partial charge in [-0.05, 0) is 11.1 Å². The van der Waals surface area contributed by atoms with E-state index in [0.717, 1.165) is 16.7 Å². The van der Waals surface area contributed by atoms with E-state index in [1.807, 2.05) is 60.7 Å². The highest BCUT2D eigenvalue weighted by atomic mass is 14.6. The van der Waals surface area contributed by atoms with Gasteiger partial charge in [0, 0.05) is 5.57 Å². The molecule has 2 heteroatoms. The lowest BCUT2D eigenvalue weighted by Crippen LogP contribution is -1.85. The van der Waals surface area contributed by atoms with Crippen molar-refractivity contribution in [3.05, 3.63) is 100 Å². The summed E-state index contributed by atoms with van der Waals surface area (Å²) in [6.07, 6.45) is 0. The molecule has 0 saturated carbocycles. The van der Waals surface area contributed by atoms with Gasteiger partial charge in [0.2, 0.25) is 0 Å². The lowest BCUT2D eigenvalue weighted by atomic mass is 9.99. The van der Waals surface area contributed by atoms with Gasteiger partial charge in [-0.2, -0.15) is 0 Å². The Balaban J connectivity index is 2.71. The minimum atomic E-state index is -0.102. The number of benzene rings is 2.